The zero-order valence-corrected chi connectivity index (χ0v) is 23.4. The van der Waals surface area contributed by atoms with Crippen LogP contribution in [0, 0.1) is 11.8 Å². The van der Waals surface area contributed by atoms with Gasteiger partial charge in [0.1, 0.15) is 24.9 Å². The average Bonchev–Trinajstić information content (AvgIpc) is 3.13. The molecule has 3 rings (SSSR count). The number of piperidine rings is 1. The van der Waals surface area contributed by atoms with E-state index in [1.54, 1.807) is 46.0 Å². The number of fused-ring (bicyclic) bond motifs is 1. The third-order valence-corrected chi connectivity index (χ3v) is 5.78. The van der Waals surface area contributed by atoms with Crippen molar-refractivity contribution in [2.45, 2.75) is 45.3 Å². The summed E-state index contributed by atoms with van der Waals surface area (Å²) in [4.78, 5) is 48.4. The number of ether oxygens (including phenoxy) is 5. The summed E-state index contributed by atoms with van der Waals surface area (Å²) in [5, 5.41) is 2.30. The third kappa shape index (κ3) is 9.02. The first kappa shape index (κ1) is 31.0. The highest BCUT2D eigenvalue weighted by Gasteiger charge is 2.31. The maximum Gasteiger partial charge on any atom is 0.332 e. The minimum atomic E-state index is -0.747. The fourth-order valence-corrected chi connectivity index (χ4v) is 4.11. The van der Waals surface area contributed by atoms with Crippen molar-refractivity contribution in [3.63, 3.8) is 0 Å². The molecule has 12 nitrogen and oxygen atoms in total. The summed E-state index contributed by atoms with van der Waals surface area (Å²) in [5.41, 5.74) is 0.956. The van der Waals surface area contributed by atoms with Gasteiger partial charge in [0, 0.05) is 13.5 Å². The van der Waals surface area contributed by atoms with E-state index >= 15 is 0 Å². The van der Waals surface area contributed by atoms with Crippen LogP contribution in [-0.2, 0) is 45.1 Å². The van der Waals surface area contributed by atoms with Crippen molar-refractivity contribution in [1.29, 1.82) is 0 Å². The lowest BCUT2D eigenvalue weighted by molar-refractivity contribution is -0.160. The Labute approximate surface area is 232 Å². The molecule has 1 aromatic carbocycles. The second-order valence-corrected chi connectivity index (χ2v) is 10.1. The molecule has 2 heterocycles. The number of para-hydroxylation sites is 1. The number of benzene rings is 1. The van der Waals surface area contributed by atoms with E-state index in [9.17, 15) is 19.2 Å². The van der Waals surface area contributed by atoms with Crippen LogP contribution in [-0.4, -0.2) is 85.4 Å². The first-order valence-corrected chi connectivity index (χ1v) is 13.1. The Kier molecular flexibility index (Phi) is 11.5. The Morgan fingerprint density at radius 1 is 1.00 bits per heavy atom. The van der Waals surface area contributed by atoms with Crippen LogP contribution >= 0.6 is 0 Å². The van der Waals surface area contributed by atoms with Crippen LogP contribution in [0.3, 0.4) is 0 Å². The van der Waals surface area contributed by atoms with E-state index in [-0.39, 0.29) is 44.3 Å². The van der Waals surface area contributed by atoms with E-state index in [0.29, 0.717) is 49.6 Å². The zero-order chi connectivity index (χ0) is 29.1. The van der Waals surface area contributed by atoms with Crippen LogP contribution in [0.15, 0.2) is 23.0 Å². The molecule has 0 spiro atoms. The predicted molar refractivity (Wildman–Crippen MR) is 145 cm³/mol. The number of carbonyl (C=O) groups excluding carboxylic acids is 3. The van der Waals surface area contributed by atoms with Gasteiger partial charge >= 0.3 is 11.7 Å². The number of aromatic nitrogens is 2. The third-order valence-electron chi connectivity index (χ3n) is 5.78. The molecule has 2 amide bonds. The molecule has 40 heavy (non-hydrogen) atoms. The summed E-state index contributed by atoms with van der Waals surface area (Å²) >= 11 is 0. The van der Waals surface area contributed by atoms with E-state index in [1.807, 2.05) is 0 Å². The van der Waals surface area contributed by atoms with E-state index in [0.717, 1.165) is 0 Å². The molecule has 1 aliphatic rings. The number of nitrogens with one attached hydrogen (secondary N) is 1. The highest BCUT2D eigenvalue weighted by molar-refractivity contribution is 6.00. The van der Waals surface area contributed by atoms with Gasteiger partial charge in [-0.25, -0.2) is 9.59 Å². The summed E-state index contributed by atoms with van der Waals surface area (Å²) in [6.45, 7) is 7.58. The van der Waals surface area contributed by atoms with E-state index in [2.05, 4.69) is 17.2 Å². The molecule has 218 valence electrons. The van der Waals surface area contributed by atoms with Crippen molar-refractivity contribution in [3.05, 3.63) is 34.2 Å². The van der Waals surface area contributed by atoms with Crippen molar-refractivity contribution in [1.82, 2.24) is 14.5 Å². The number of imide groups is 1. The van der Waals surface area contributed by atoms with E-state index in [4.69, 9.17) is 23.7 Å². The summed E-state index contributed by atoms with van der Waals surface area (Å²) in [6.07, 6.45) is 0.449. The van der Waals surface area contributed by atoms with Crippen molar-refractivity contribution < 1.29 is 38.1 Å². The molecule has 1 saturated heterocycles. The molecular formula is C28H37N3O9. The number of amides is 2. The number of imidazole rings is 1. The van der Waals surface area contributed by atoms with Crippen LogP contribution in [0.1, 0.15) is 45.2 Å². The van der Waals surface area contributed by atoms with Crippen molar-refractivity contribution >= 4 is 28.8 Å². The summed E-state index contributed by atoms with van der Waals surface area (Å²) < 4.78 is 29.6. The van der Waals surface area contributed by atoms with Gasteiger partial charge in [-0.3, -0.25) is 24.0 Å². The van der Waals surface area contributed by atoms with E-state index in [1.165, 1.54) is 9.13 Å². The van der Waals surface area contributed by atoms with Gasteiger partial charge < -0.3 is 23.7 Å². The quantitative estimate of drug-likeness (QED) is 0.165. The fourth-order valence-electron chi connectivity index (χ4n) is 4.11. The fraction of sp³-hybridized carbons (Fsp3) is 0.571. The van der Waals surface area contributed by atoms with Gasteiger partial charge in [0.25, 0.3) is 0 Å². The number of hydrogen-bond acceptors (Lipinski definition) is 9. The average molecular weight is 560 g/mol. The van der Waals surface area contributed by atoms with Crippen molar-refractivity contribution in [2.24, 2.45) is 7.05 Å². The molecule has 0 saturated carbocycles. The lowest BCUT2D eigenvalue weighted by Gasteiger charge is -2.21. The van der Waals surface area contributed by atoms with Gasteiger partial charge in [0.05, 0.1) is 56.2 Å². The summed E-state index contributed by atoms with van der Waals surface area (Å²) in [7, 11) is 1.63. The smallest absolute Gasteiger partial charge is 0.332 e. The molecule has 1 aromatic heterocycles. The number of rotatable bonds is 13. The number of carbonyl (C=O) groups is 3. The minimum Gasteiger partial charge on any atom is -0.458 e. The monoisotopic (exact) mass is 559 g/mol. The Morgan fingerprint density at radius 2 is 1.65 bits per heavy atom. The lowest BCUT2D eigenvalue weighted by Crippen LogP contribution is -2.44. The SMILES string of the molecule is Cn1c(=O)n(C2CCC(=O)NC2=O)c2cccc(C#CCOCCOCCOCCOCC(=O)OC(C)(C)C)c21. The van der Waals surface area contributed by atoms with Gasteiger partial charge in [-0.05, 0) is 39.3 Å². The normalized spacial score (nSPS) is 15.6. The largest absolute Gasteiger partial charge is 0.458 e. The van der Waals surface area contributed by atoms with Crippen LogP contribution in [0.4, 0.5) is 0 Å². The maximum atomic E-state index is 13.0. The number of aryl methyl sites for hydroxylation is 1. The summed E-state index contributed by atoms with van der Waals surface area (Å²) in [5.74, 6) is 4.76. The van der Waals surface area contributed by atoms with Gasteiger partial charge in [-0.2, -0.15) is 0 Å². The molecule has 0 aliphatic carbocycles. The topological polar surface area (TPSA) is 136 Å². The minimum absolute atomic E-state index is 0.111. The van der Waals surface area contributed by atoms with Gasteiger partial charge in [-0.15, -0.1) is 0 Å². The molecule has 0 radical (unpaired) electrons. The molecular weight excluding hydrogens is 522 g/mol. The zero-order valence-electron chi connectivity index (χ0n) is 23.4. The summed E-state index contributed by atoms with van der Waals surface area (Å²) in [6, 6.07) is 4.59. The van der Waals surface area contributed by atoms with Crippen LogP contribution in [0.5, 0.6) is 0 Å². The lowest BCUT2D eigenvalue weighted by atomic mass is 10.1. The van der Waals surface area contributed by atoms with Crippen LogP contribution in [0.25, 0.3) is 11.0 Å². The second kappa shape index (κ2) is 14.8. The Bertz CT molecular complexity index is 1310. The number of hydrogen-bond donors (Lipinski definition) is 1. The van der Waals surface area contributed by atoms with Crippen LogP contribution < -0.4 is 11.0 Å². The molecule has 0 bridgehead atoms. The molecule has 1 N–H and O–H groups in total. The van der Waals surface area contributed by atoms with Crippen LogP contribution in [0.2, 0.25) is 0 Å². The highest BCUT2D eigenvalue weighted by atomic mass is 16.6. The Balaban J connectivity index is 1.35. The predicted octanol–water partition coefficient (Wildman–Crippen LogP) is 1.08. The molecule has 1 aliphatic heterocycles. The molecule has 1 fully saturated rings. The number of nitrogens with zero attached hydrogens (tertiary/aromatic N) is 2. The molecule has 12 heteroatoms. The van der Waals surface area contributed by atoms with Crippen molar-refractivity contribution in [3.8, 4) is 11.8 Å². The van der Waals surface area contributed by atoms with E-state index < -0.39 is 23.5 Å². The second-order valence-electron chi connectivity index (χ2n) is 10.1. The molecule has 1 unspecified atom stereocenters. The standard InChI is InChI=1S/C28H37N3O9/c1-28(2,3)40-24(33)19-39-18-17-38-16-15-37-14-13-36-12-6-8-20-7-5-9-21-25(20)30(4)27(35)31(21)22-10-11-23(32)29-26(22)34/h5,7,9,22H,10-19H2,1-4H3,(H,29,32,34). The first-order chi connectivity index (χ1) is 19.1. The van der Waals surface area contributed by atoms with Gasteiger partial charge in [-0.1, -0.05) is 17.9 Å². The van der Waals surface area contributed by atoms with Gasteiger partial charge in [0.2, 0.25) is 11.8 Å². The van der Waals surface area contributed by atoms with Crippen molar-refractivity contribution in [2.75, 3.05) is 52.9 Å². The Hall–Kier alpha value is -3.50. The molecule has 1 atom stereocenters. The Morgan fingerprint density at radius 3 is 2.30 bits per heavy atom. The number of esters is 1. The maximum absolute atomic E-state index is 13.0. The van der Waals surface area contributed by atoms with Gasteiger partial charge in [0.15, 0.2) is 0 Å². The highest BCUT2D eigenvalue weighted by Crippen LogP contribution is 2.24. The first-order valence-electron chi connectivity index (χ1n) is 13.1. The molecule has 2 aromatic rings.